The van der Waals surface area contributed by atoms with Crippen LogP contribution in [-0.4, -0.2) is 5.66 Å². The van der Waals surface area contributed by atoms with Gasteiger partial charge >= 0.3 is 0 Å². The summed E-state index contributed by atoms with van der Waals surface area (Å²) in [6, 6.07) is 15.3. The van der Waals surface area contributed by atoms with Gasteiger partial charge in [-0.15, -0.1) is 0 Å². The lowest BCUT2D eigenvalue weighted by Gasteiger charge is -2.04. The molecule has 1 aliphatic carbocycles. The van der Waals surface area contributed by atoms with Crippen LogP contribution in [0.4, 0.5) is 0 Å². The molecule has 0 aromatic heterocycles. The highest BCUT2D eigenvalue weighted by Crippen LogP contribution is 2.39. The number of hydrogen-bond acceptors (Lipinski definition) is 0. The van der Waals surface area contributed by atoms with Gasteiger partial charge in [0.1, 0.15) is 0 Å². The van der Waals surface area contributed by atoms with Crippen LogP contribution in [0.25, 0.3) is 10.8 Å². The van der Waals surface area contributed by atoms with Gasteiger partial charge in [0.2, 0.25) is 0 Å². The zero-order valence-corrected chi connectivity index (χ0v) is 8.87. The summed E-state index contributed by atoms with van der Waals surface area (Å²) >= 11 is 0. The third-order valence-electron chi connectivity index (χ3n) is 2.64. The molecule has 1 fully saturated rings. The maximum atomic E-state index is 2.27. The van der Waals surface area contributed by atoms with Crippen molar-refractivity contribution in [2.75, 3.05) is 0 Å². The highest BCUT2D eigenvalue weighted by Gasteiger charge is 2.22. The van der Waals surface area contributed by atoms with Gasteiger partial charge in [-0.1, -0.05) is 42.5 Å². The molecule has 2 aromatic rings. The van der Waals surface area contributed by atoms with Gasteiger partial charge in [-0.25, -0.2) is 0 Å². The van der Waals surface area contributed by atoms with E-state index in [9.17, 15) is 0 Å². The predicted molar refractivity (Wildman–Crippen MR) is 63.5 cm³/mol. The molecule has 0 nitrogen and oxygen atoms in total. The third-order valence-corrected chi connectivity index (χ3v) is 4.18. The highest BCUT2D eigenvalue weighted by molar-refractivity contribution is 7.49. The normalized spacial score (nSPS) is 16.9. The molecular formula is C13H12P. The standard InChI is InChI=1S/C13H12P/c1-2-6-12-10(4-1)5-3-7-13(12)14-11-8-9-11/h1-7,11H,8-9H2. The summed E-state index contributed by atoms with van der Waals surface area (Å²) in [5.41, 5.74) is 0.945. The van der Waals surface area contributed by atoms with Gasteiger partial charge in [-0.05, 0) is 43.2 Å². The molecular weight excluding hydrogens is 187 g/mol. The zero-order valence-electron chi connectivity index (χ0n) is 7.98. The van der Waals surface area contributed by atoms with Crippen LogP contribution < -0.4 is 5.30 Å². The number of rotatable bonds is 2. The van der Waals surface area contributed by atoms with E-state index >= 15 is 0 Å². The van der Waals surface area contributed by atoms with Crippen LogP contribution in [0.5, 0.6) is 0 Å². The molecule has 0 bridgehead atoms. The SMILES string of the molecule is c1ccc2c([P]C3CC3)cccc2c1. The molecule has 3 rings (SSSR count). The van der Waals surface area contributed by atoms with Gasteiger partial charge < -0.3 is 0 Å². The summed E-state index contributed by atoms with van der Waals surface area (Å²) in [5, 5.41) is 4.31. The molecule has 0 amide bonds. The van der Waals surface area contributed by atoms with Crippen molar-refractivity contribution < 1.29 is 0 Å². The summed E-state index contributed by atoms with van der Waals surface area (Å²) < 4.78 is 0. The average molecular weight is 199 g/mol. The lowest BCUT2D eigenvalue weighted by atomic mass is 10.1. The molecule has 0 unspecified atom stereocenters. The molecule has 1 heteroatoms. The maximum absolute atomic E-state index is 2.27. The van der Waals surface area contributed by atoms with Crippen molar-refractivity contribution in [1.82, 2.24) is 0 Å². The fourth-order valence-electron chi connectivity index (χ4n) is 1.72. The Bertz CT molecular complexity index is 452. The van der Waals surface area contributed by atoms with Crippen molar-refractivity contribution in [2.45, 2.75) is 18.5 Å². The average Bonchev–Trinajstić information content (AvgIpc) is 3.03. The first kappa shape index (κ1) is 8.44. The molecule has 0 atom stereocenters. The van der Waals surface area contributed by atoms with Crippen molar-refractivity contribution in [2.24, 2.45) is 0 Å². The first-order chi connectivity index (χ1) is 6.93. The summed E-state index contributed by atoms with van der Waals surface area (Å²) in [6.45, 7) is 0. The molecule has 69 valence electrons. The largest absolute Gasteiger partial charge is 0.0616 e. The number of hydrogen-bond donors (Lipinski definition) is 0. The van der Waals surface area contributed by atoms with Crippen LogP contribution in [0.15, 0.2) is 42.5 Å². The van der Waals surface area contributed by atoms with Crippen LogP contribution in [0.3, 0.4) is 0 Å². The Kier molecular flexibility index (Phi) is 2.03. The van der Waals surface area contributed by atoms with E-state index in [0.717, 1.165) is 5.66 Å². The van der Waals surface area contributed by atoms with Crippen LogP contribution in [-0.2, 0) is 0 Å². The van der Waals surface area contributed by atoms with Crippen molar-refractivity contribution in [1.29, 1.82) is 0 Å². The van der Waals surface area contributed by atoms with Gasteiger partial charge in [0, 0.05) is 0 Å². The second-order valence-electron chi connectivity index (χ2n) is 3.86. The van der Waals surface area contributed by atoms with Gasteiger partial charge in [0.05, 0.1) is 0 Å². The van der Waals surface area contributed by atoms with E-state index in [-0.39, 0.29) is 0 Å². The second kappa shape index (κ2) is 3.37. The predicted octanol–water partition coefficient (Wildman–Crippen LogP) is 3.57. The van der Waals surface area contributed by atoms with E-state index in [4.69, 9.17) is 0 Å². The Hall–Kier alpha value is -0.870. The first-order valence-electron chi connectivity index (χ1n) is 5.12. The Morgan fingerprint density at radius 3 is 2.57 bits per heavy atom. The topological polar surface area (TPSA) is 0 Å². The van der Waals surface area contributed by atoms with Crippen molar-refractivity contribution in [3.05, 3.63) is 42.5 Å². The first-order valence-corrected chi connectivity index (χ1v) is 6.08. The van der Waals surface area contributed by atoms with E-state index in [1.807, 2.05) is 0 Å². The lowest BCUT2D eigenvalue weighted by Crippen LogP contribution is -1.96. The second-order valence-corrected chi connectivity index (χ2v) is 5.33. The van der Waals surface area contributed by atoms with Crippen LogP contribution in [0.1, 0.15) is 12.8 Å². The Morgan fingerprint density at radius 2 is 1.71 bits per heavy atom. The molecule has 1 saturated carbocycles. The minimum atomic E-state index is 0.945. The van der Waals surface area contributed by atoms with E-state index in [1.54, 1.807) is 0 Å². The quantitative estimate of drug-likeness (QED) is 0.648. The van der Waals surface area contributed by atoms with Crippen molar-refractivity contribution in [3.8, 4) is 0 Å². The summed E-state index contributed by atoms with van der Waals surface area (Å²) in [5.74, 6) is 0. The fourth-order valence-corrected chi connectivity index (χ4v) is 3.04. The summed E-state index contributed by atoms with van der Waals surface area (Å²) in [6.07, 6.45) is 2.84. The zero-order chi connectivity index (χ0) is 9.38. The van der Waals surface area contributed by atoms with Gasteiger partial charge in [-0.2, -0.15) is 0 Å². The Labute approximate surface area is 86.1 Å². The lowest BCUT2D eigenvalue weighted by molar-refractivity contribution is 1.50. The number of fused-ring (bicyclic) bond motifs is 1. The molecule has 0 aliphatic heterocycles. The molecule has 1 aliphatic rings. The van der Waals surface area contributed by atoms with E-state index < -0.39 is 0 Å². The van der Waals surface area contributed by atoms with Crippen LogP contribution >= 0.6 is 8.58 Å². The van der Waals surface area contributed by atoms with Crippen LogP contribution in [0, 0.1) is 0 Å². The molecule has 14 heavy (non-hydrogen) atoms. The van der Waals surface area contributed by atoms with E-state index in [0.29, 0.717) is 0 Å². The maximum Gasteiger partial charge on any atom is -0.0103 e. The summed E-state index contributed by atoms with van der Waals surface area (Å²) in [7, 11) is 1.53. The molecule has 0 spiro atoms. The highest BCUT2D eigenvalue weighted by atomic mass is 31.1. The van der Waals surface area contributed by atoms with Crippen molar-refractivity contribution >= 4 is 24.7 Å². The Morgan fingerprint density at radius 1 is 0.929 bits per heavy atom. The molecule has 0 N–H and O–H groups in total. The monoisotopic (exact) mass is 199 g/mol. The summed E-state index contributed by atoms with van der Waals surface area (Å²) in [4.78, 5) is 0. The minimum Gasteiger partial charge on any atom is -0.0616 e. The van der Waals surface area contributed by atoms with Gasteiger partial charge in [0.15, 0.2) is 0 Å². The molecule has 2 aromatic carbocycles. The Balaban J connectivity index is 2.11. The van der Waals surface area contributed by atoms with Gasteiger partial charge in [-0.3, -0.25) is 0 Å². The molecule has 1 radical (unpaired) electrons. The van der Waals surface area contributed by atoms with Gasteiger partial charge in [0.25, 0.3) is 0 Å². The molecule has 0 heterocycles. The smallest absolute Gasteiger partial charge is 0.0103 e. The minimum absolute atomic E-state index is 0.945. The fraction of sp³-hybridized carbons (Fsp3) is 0.231. The molecule has 0 saturated heterocycles. The third kappa shape index (κ3) is 1.55. The number of benzene rings is 2. The van der Waals surface area contributed by atoms with Crippen LogP contribution in [0.2, 0.25) is 0 Å². The van der Waals surface area contributed by atoms with E-state index in [2.05, 4.69) is 42.5 Å². The van der Waals surface area contributed by atoms with Crippen molar-refractivity contribution in [3.63, 3.8) is 0 Å². The van der Waals surface area contributed by atoms with E-state index in [1.165, 1.54) is 37.5 Å².